The summed E-state index contributed by atoms with van der Waals surface area (Å²) in [5.74, 6) is -1.08. The molecule has 1 aliphatic rings. The highest BCUT2D eigenvalue weighted by molar-refractivity contribution is 6.30. The first-order chi connectivity index (χ1) is 17.7. The molecule has 0 bridgehead atoms. The highest BCUT2D eigenvalue weighted by Gasteiger charge is 2.30. The lowest BCUT2D eigenvalue weighted by molar-refractivity contribution is -0.155. The maximum atomic E-state index is 13.1. The average Bonchev–Trinajstić information content (AvgIpc) is 3.32. The molecule has 0 radical (unpaired) electrons. The highest BCUT2D eigenvalue weighted by atomic mass is 35.5. The number of nitrogens with zero attached hydrogens (tertiary/aromatic N) is 2. The number of rotatable bonds is 14. The molecule has 0 aliphatic carbocycles. The predicted octanol–water partition coefficient (Wildman–Crippen LogP) is 1.45. The number of aliphatic carboxylic acids is 1. The van der Waals surface area contributed by atoms with Gasteiger partial charge >= 0.3 is 5.97 Å². The van der Waals surface area contributed by atoms with Gasteiger partial charge in [-0.15, -0.1) is 0 Å². The van der Waals surface area contributed by atoms with Crippen molar-refractivity contribution in [3.8, 4) is 17.2 Å². The van der Waals surface area contributed by atoms with Crippen molar-refractivity contribution in [2.45, 2.75) is 31.8 Å². The molecule has 2 aromatic carbocycles. The minimum Gasteiger partial charge on any atom is -0.486 e. The van der Waals surface area contributed by atoms with Crippen LogP contribution in [0, 0.1) is 0 Å². The van der Waals surface area contributed by atoms with Gasteiger partial charge in [0.05, 0.1) is 6.42 Å². The number of carbonyl (C=O) groups excluding carboxylic acids is 2. The van der Waals surface area contributed by atoms with Crippen LogP contribution in [0.25, 0.3) is 0 Å². The van der Waals surface area contributed by atoms with E-state index in [9.17, 15) is 19.5 Å². The van der Waals surface area contributed by atoms with E-state index in [2.05, 4.69) is 10.4 Å². The van der Waals surface area contributed by atoms with E-state index < -0.39 is 30.1 Å². The second-order valence-corrected chi connectivity index (χ2v) is 8.48. The lowest BCUT2D eigenvalue weighted by Crippen LogP contribution is -2.53. The van der Waals surface area contributed by atoms with E-state index in [4.69, 9.17) is 37.3 Å². The van der Waals surface area contributed by atoms with Gasteiger partial charge in [-0.3, -0.25) is 19.6 Å². The number of fused-ring (bicyclic) bond motifs is 1. The molecule has 13 heteroatoms. The van der Waals surface area contributed by atoms with E-state index in [0.29, 0.717) is 27.8 Å². The first kappa shape index (κ1) is 27.6. The largest absolute Gasteiger partial charge is 0.486 e. The van der Waals surface area contributed by atoms with E-state index >= 15 is 0 Å². The van der Waals surface area contributed by atoms with Crippen molar-refractivity contribution < 1.29 is 33.7 Å². The number of aliphatic imine (C=N–C) groups is 1. The first-order valence-electron chi connectivity index (χ1n) is 11.4. The fraction of sp³-hybridized carbons (Fsp3) is 0.333. The van der Waals surface area contributed by atoms with Gasteiger partial charge in [0.15, 0.2) is 23.2 Å². The molecule has 1 atom stereocenters. The molecule has 1 amide bonds. The van der Waals surface area contributed by atoms with Crippen LogP contribution in [0.2, 0.25) is 5.02 Å². The molecule has 0 spiro atoms. The molecule has 1 heterocycles. The van der Waals surface area contributed by atoms with Gasteiger partial charge in [0.25, 0.3) is 0 Å². The zero-order chi connectivity index (χ0) is 26.8. The zero-order valence-corrected chi connectivity index (χ0v) is 20.6. The Bertz CT molecular complexity index is 1140. The summed E-state index contributed by atoms with van der Waals surface area (Å²) in [6, 6.07) is 10.3. The molecular weight excluding hydrogens is 506 g/mol. The smallest absolute Gasteiger partial charge is 0.328 e. The van der Waals surface area contributed by atoms with E-state index in [0.717, 1.165) is 5.01 Å². The molecule has 2 aromatic rings. The van der Waals surface area contributed by atoms with Crippen molar-refractivity contribution in [1.82, 2.24) is 10.4 Å². The number of ketones is 1. The van der Waals surface area contributed by atoms with Gasteiger partial charge in [-0.1, -0.05) is 17.7 Å². The Labute approximate surface area is 218 Å². The third kappa shape index (κ3) is 8.54. The summed E-state index contributed by atoms with van der Waals surface area (Å²) in [5, 5.41) is 11.3. The van der Waals surface area contributed by atoms with Crippen molar-refractivity contribution in [1.29, 1.82) is 0 Å². The number of hydrogen-bond donors (Lipinski definition) is 4. The number of nitrogens with two attached hydrogens (primary N) is 2. The zero-order valence-electron chi connectivity index (χ0n) is 19.9. The lowest BCUT2D eigenvalue weighted by Gasteiger charge is -2.29. The first-order valence-corrected chi connectivity index (χ1v) is 11.7. The number of ether oxygens (including phenoxy) is 3. The van der Waals surface area contributed by atoms with Crippen molar-refractivity contribution in [3.05, 3.63) is 53.1 Å². The summed E-state index contributed by atoms with van der Waals surface area (Å²) in [4.78, 5) is 41.5. The third-order valence-corrected chi connectivity index (χ3v) is 5.50. The SMILES string of the molecule is NC(N)=NCCC[C@@H](C(=O)O)N(NCc1ccc2c(c1)OCO2)C(=O)CC(=O)COc1ccc(Cl)cc1. The molecular formula is C24H28ClN5O7. The molecule has 1 aliphatic heterocycles. The minimum absolute atomic E-state index is 0.0431. The van der Waals surface area contributed by atoms with Crippen LogP contribution in [0.15, 0.2) is 47.5 Å². The van der Waals surface area contributed by atoms with Crippen molar-refractivity contribution in [3.63, 3.8) is 0 Å². The number of halogens is 1. The molecule has 0 saturated heterocycles. The number of Topliss-reactive ketones (excluding diaryl/α,β-unsaturated/α-hetero) is 1. The standard InChI is InChI=1S/C24H28ClN5O7/c25-16-4-6-18(7-5-16)35-13-17(31)11-22(32)30(19(23(33)34)2-1-9-28-24(26)27)29-12-15-3-8-20-21(10-15)37-14-36-20/h3-8,10,19,29H,1-2,9,11-14H2,(H,33,34)(H4,26,27,28)/t19-/m0/s1. The summed E-state index contributed by atoms with van der Waals surface area (Å²) in [6.45, 7) is 0.0131. The van der Waals surface area contributed by atoms with Crippen molar-refractivity contribution >= 4 is 35.2 Å². The summed E-state index contributed by atoms with van der Waals surface area (Å²) in [7, 11) is 0. The van der Waals surface area contributed by atoms with Crippen molar-refractivity contribution in [2.24, 2.45) is 16.5 Å². The Balaban J connectivity index is 1.67. The number of carboxylic acid groups (broad SMARTS) is 1. The van der Waals surface area contributed by atoms with E-state index in [1.165, 1.54) is 0 Å². The number of guanidine groups is 1. The maximum absolute atomic E-state index is 13.1. The van der Waals surface area contributed by atoms with Gasteiger partial charge in [-0.25, -0.2) is 10.2 Å². The number of amides is 1. The number of hydrogen-bond acceptors (Lipinski definition) is 8. The number of carbonyl (C=O) groups is 3. The van der Waals surface area contributed by atoms with Gasteiger partial charge in [0.2, 0.25) is 12.7 Å². The summed E-state index contributed by atoms with van der Waals surface area (Å²) in [6.07, 6.45) is -0.237. The van der Waals surface area contributed by atoms with E-state index in [1.807, 2.05) is 0 Å². The number of nitrogens with one attached hydrogen (secondary N) is 1. The molecule has 37 heavy (non-hydrogen) atoms. The Hall–Kier alpha value is -4.03. The summed E-state index contributed by atoms with van der Waals surface area (Å²) < 4.78 is 16.1. The van der Waals surface area contributed by atoms with Crippen LogP contribution in [0.3, 0.4) is 0 Å². The van der Waals surface area contributed by atoms with Gasteiger partial charge in [-0.05, 0) is 54.8 Å². The second kappa shape index (κ2) is 13.3. The lowest BCUT2D eigenvalue weighted by atomic mass is 10.1. The van der Waals surface area contributed by atoms with Crippen LogP contribution in [0.5, 0.6) is 17.2 Å². The molecule has 198 valence electrons. The fourth-order valence-corrected chi connectivity index (χ4v) is 3.58. The van der Waals surface area contributed by atoms with Gasteiger partial charge in [0.1, 0.15) is 18.4 Å². The monoisotopic (exact) mass is 533 g/mol. The Kier molecular flexibility index (Phi) is 9.92. The maximum Gasteiger partial charge on any atom is 0.328 e. The second-order valence-electron chi connectivity index (χ2n) is 8.05. The fourth-order valence-electron chi connectivity index (χ4n) is 3.45. The Morgan fingerprint density at radius 3 is 2.57 bits per heavy atom. The molecule has 12 nitrogen and oxygen atoms in total. The molecule has 0 unspecified atom stereocenters. The van der Waals surface area contributed by atoms with Gasteiger partial charge in [-0.2, -0.15) is 0 Å². The molecule has 0 aromatic heterocycles. The van der Waals surface area contributed by atoms with E-state index in [-0.39, 0.29) is 45.3 Å². The van der Waals surface area contributed by atoms with Crippen molar-refractivity contribution in [2.75, 3.05) is 19.9 Å². The van der Waals surface area contributed by atoms with Crippen LogP contribution in [0.1, 0.15) is 24.8 Å². The molecule has 3 rings (SSSR count). The molecule has 6 N–H and O–H groups in total. The third-order valence-electron chi connectivity index (χ3n) is 5.25. The van der Waals surface area contributed by atoms with Gasteiger partial charge < -0.3 is 30.8 Å². The Morgan fingerprint density at radius 2 is 1.86 bits per heavy atom. The highest BCUT2D eigenvalue weighted by Crippen LogP contribution is 2.32. The number of carboxylic acids is 1. The Morgan fingerprint density at radius 1 is 1.14 bits per heavy atom. The topological polar surface area (TPSA) is 179 Å². The van der Waals surface area contributed by atoms with Crippen LogP contribution in [-0.2, 0) is 20.9 Å². The summed E-state index contributed by atoms with van der Waals surface area (Å²) >= 11 is 5.84. The minimum atomic E-state index is -1.28. The normalized spacial score (nSPS) is 12.5. The van der Waals surface area contributed by atoms with E-state index in [1.54, 1.807) is 42.5 Å². The van der Waals surface area contributed by atoms with Crippen LogP contribution < -0.4 is 31.1 Å². The predicted molar refractivity (Wildman–Crippen MR) is 134 cm³/mol. The van der Waals surface area contributed by atoms with Crippen LogP contribution in [0.4, 0.5) is 0 Å². The molecule has 0 fully saturated rings. The average molecular weight is 534 g/mol. The molecule has 0 saturated carbocycles. The number of hydrazine groups is 1. The summed E-state index contributed by atoms with van der Waals surface area (Å²) in [5.41, 5.74) is 14.2. The van der Waals surface area contributed by atoms with Crippen LogP contribution >= 0.6 is 11.6 Å². The van der Waals surface area contributed by atoms with Crippen LogP contribution in [-0.4, -0.2) is 59.7 Å². The quantitative estimate of drug-likeness (QED) is 0.0912. The number of benzene rings is 2. The van der Waals surface area contributed by atoms with Gasteiger partial charge in [0, 0.05) is 18.1 Å².